The summed E-state index contributed by atoms with van der Waals surface area (Å²) in [5.41, 5.74) is 1.86. The van der Waals surface area contributed by atoms with Crippen molar-refractivity contribution < 1.29 is 14.4 Å². The van der Waals surface area contributed by atoms with E-state index >= 15 is 0 Å². The highest BCUT2D eigenvalue weighted by Crippen LogP contribution is 2.21. The lowest BCUT2D eigenvalue weighted by Crippen LogP contribution is -2.43. The summed E-state index contributed by atoms with van der Waals surface area (Å²) in [7, 11) is 1.71. The number of benzene rings is 2. The van der Waals surface area contributed by atoms with Crippen molar-refractivity contribution in [1.82, 2.24) is 4.90 Å². The molecule has 2 amide bonds. The molecule has 1 unspecified atom stereocenters. The Morgan fingerprint density at radius 2 is 1.67 bits per heavy atom. The van der Waals surface area contributed by atoms with E-state index < -0.39 is 6.04 Å². The number of likely N-dealkylation sites (N-methyl/N-ethyl adjacent to an activating group) is 1. The Hall–Kier alpha value is -2.51. The van der Waals surface area contributed by atoms with Crippen LogP contribution in [-0.2, 0) is 9.59 Å². The molecule has 2 N–H and O–H groups in total. The average Bonchev–Trinajstić information content (AvgIpc) is 2.63. The maximum atomic E-state index is 12.4. The number of amides is 2. The van der Waals surface area contributed by atoms with Crippen molar-refractivity contribution in [2.24, 2.45) is 0 Å². The Morgan fingerprint density at radius 3 is 2.26 bits per heavy atom. The molecule has 0 fully saturated rings. The average molecular weight is 432 g/mol. The molecule has 0 aromatic heterocycles. The molecule has 0 aliphatic rings. The quantitative estimate of drug-likeness (QED) is 0.656. The van der Waals surface area contributed by atoms with Gasteiger partial charge in [-0.05, 0) is 73.2 Å². The van der Waals surface area contributed by atoms with Crippen molar-refractivity contribution in [3.05, 3.63) is 58.6 Å². The van der Waals surface area contributed by atoms with Crippen molar-refractivity contribution in [1.29, 1.82) is 0 Å². The minimum atomic E-state index is -0.512. The van der Waals surface area contributed by atoms with Crippen LogP contribution in [0, 0.1) is 0 Å². The summed E-state index contributed by atoms with van der Waals surface area (Å²) in [5.74, 6) is -0.478. The molecular formula is C20H22BrN3O3. The molecule has 2 rings (SSSR count). The Balaban J connectivity index is 1.90. The standard InChI is InChI=1S/C20H22BrN3O3/c1-13(20(27)22-16-10-8-15(9-11-16)14(2)25)24(3)12-19(26)23-18-7-5-4-6-17(18)21/h4-11,13H,12H2,1-3H3,(H,22,27)(H,23,26). The maximum absolute atomic E-state index is 12.4. The Labute approximate surface area is 167 Å². The largest absolute Gasteiger partial charge is 0.325 e. The molecule has 1 atom stereocenters. The summed E-state index contributed by atoms with van der Waals surface area (Å²) in [6.45, 7) is 3.29. The van der Waals surface area contributed by atoms with E-state index in [-0.39, 0.29) is 24.1 Å². The van der Waals surface area contributed by atoms with Crippen molar-refractivity contribution in [2.75, 3.05) is 24.2 Å². The molecule has 2 aromatic carbocycles. The number of carbonyl (C=O) groups excluding carboxylic acids is 3. The van der Waals surface area contributed by atoms with Gasteiger partial charge in [0.25, 0.3) is 0 Å². The third kappa shape index (κ3) is 6.01. The summed E-state index contributed by atoms with van der Waals surface area (Å²) in [6, 6.07) is 13.5. The number of Topliss-reactive ketones (excluding diaryl/α,β-unsaturated/α-hetero) is 1. The van der Waals surface area contributed by atoms with E-state index in [9.17, 15) is 14.4 Å². The van der Waals surface area contributed by atoms with Crippen molar-refractivity contribution in [2.45, 2.75) is 19.9 Å². The van der Waals surface area contributed by atoms with E-state index in [1.54, 1.807) is 49.2 Å². The maximum Gasteiger partial charge on any atom is 0.241 e. The molecule has 0 saturated heterocycles. The highest BCUT2D eigenvalue weighted by molar-refractivity contribution is 9.10. The smallest absolute Gasteiger partial charge is 0.241 e. The SMILES string of the molecule is CC(=O)c1ccc(NC(=O)C(C)N(C)CC(=O)Nc2ccccc2Br)cc1. The zero-order valence-electron chi connectivity index (χ0n) is 15.5. The minimum absolute atomic E-state index is 0.0305. The molecule has 0 spiro atoms. The molecule has 0 aliphatic carbocycles. The van der Waals surface area contributed by atoms with Crippen LogP contribution in [0.2, 0.25) is 0 Å². The number of para-hydroxylation sites is 1. The number of nitrogens with one attached hydrogen (secondary N) is 2. The zero-order chi connectivity index (χ0) is 20.0. The summed E-state index contributed by atoms with van der Waals surface area (Å²) < 4.78 is 0.792. The van der Waals surface area contributed by atoms with Gasteiger partial charge in [0.15, 0.2) is 5.78 Å². The Morgan fingerprint density at radius 1 is 1.04 bits per heavy atom. The fraction of sp³-hybridized carbons (Fsp3) is 0.250. The number of halogens is 1. The fourth-order valence-electron chi connectivity index (χ4n) is 2.35. The van der Waals surface area contributed by atoms with Gasteiger partial charge in [0.2, 0.25) is 11.8 Å². The number of carbonyl (C=O) groups is 3. The Bertz CT molecular complexity index is 837. The Kier molecular flexibility index (Phi) is 7.27. The van der Waals surface area contributed by atoms with Crippen molar-refractivity contribution in [3.63, 3.8) is 0 Å². The molecule has 7 heteroatoms. The molecule has 0 bridgehead atoms. The number of anilines is 2. The van der Waals surface area contributed by atoms with Gasteiger partial charge >= 0.3 is 0 Å². The lowest BCUT2D eigenvalue weighted by molar-refractivity contribution is -0.122. The van der Waals surface area contributed by atoms with Gasteiger partial charge in [-0.1, -0.05) is 12.1 Å². The second-order valence-corrected chi connectivity index (χ2v) is 7.10. The highest BCUT2D eigenvalue weighted by Gasteiger charge is 2.20. The molecule has 0 aliphatic heterocycles. The van der Waals surface area contributed by atoms with Crippen LogP contribution < -0.4 is 10.6 Å². The number of nitrogens with zero attached hydrogens (tertiary/aromatic N) is 1. The van der Waals surface area contributed by atoms with Crippen LogP contribution in [0.1, 0.15) is 24.2 Å². The van der Waals surface area contributed by atoms with Gasteiger partial charge in [0.05, 0.1) is 18.3 Å². The van der Waals surface area contributed by atoms with Gasteiger partial charge < -0.3 is 10.6 Å². The van der Waals surface area contributed by atoms with Crippen LogP contribution in [0.4, 0.5) is 11.4 Å². The van der Waals surface area contributed by atoms with Crippen molar-refractivity contribution >= 4 is 44.9 Å². The van der Waals surface area contributed by atoms with Crippen LogP contribution in [0.3, 0.4) is 0 Å². The van der Waals surface area contributed by atoms with Crippen LogP contribution in [0.15, 0.2) is 53.0 Å². The monoisotopic (exact) mass is 431 g/mol. The van der Waals surface area contributed by atoms with Crippen LogP contribution in [0.25, 0.3) is 0 Å². The van der Waals surface area contributed by atoms with E-state index in [4.69, 9.17) is 0 Å². The molecule has 0 saturated carbocycles. The van der Waals surface area contributed by atoms with Crippen LogP contribution in [-0.4, -0.2) is 42.1 Å². The summed E-state index contributed by atoms with van der Waals surface area (Å²) in [4.78, 5) is 37.6. The predicted octanol–water partition coefficient (Wildman–Crippen LogP) is 3.55. The molecular weight excluding hydrogens is 410 g/mol. The minimum Gasteiger partial charge on any atom is -0.325 e. The van der Waals surface area contributed by atoms with E-state index in [1.807, 2.05) is 18.2 Å². The molecule has 0 heterocycles. The van der Waals surface area contributed by atoms with Gasteiger partial charge in [-0.2, -0.15) is 0 Å². The number of ketones is 1. The van der Waals surface area contributed by atoms with E-state index in [0.717, 1.165) is 4.47 Å². The van der Waals surface area contributed by atoms with Gasteiger partial charge in [0.1, 0.15) is 0 Å². The molecule has 142 valence electrons. The van der Waals surface area contributed by atoms with Crippen molar-refractivity contribution in [3.8, 4) is 0 Å². The fourth-order valence-corrected chi connectivity index (χ4v) is 2.73. The van der Waals surface area contributed by atoms with E-state index in [1.165, 1.54) is 6.92 Å². The van der Waals surface area contributed by atoms with Gasteiger partial charge in [-0.25, -0.2) is 0 Å². The lowest BCUT2D eigenvalue weighted by Gasteiger charge is -2.23. The summed E-state index contributed by atoms with van der Waals surface area (Å²) in [6.07, 6.45) is 0. The number of hydrogen-bond acceptors (Lipinski definition) is 4. The first-order valence-electron chi connectivity index (χ1n) is 8.44. The molecule has 27 heavy (non-hydrogen) atoms. The van der Waals surface area contributed by atoms with Gasteiger partial charge in [-0.3, -0.25) is 19.3 Å². The summed E-state index contributed by atoms with van der Waals surface area (Å²) in [5, 5.41) is 5.60. The molecule has 6 nitrogen and oxygen atoms in total. The zero-order valence-corrected chi connectivity index (χ0v) is 17.0. The molecule has 2 aromatic rings. The predicted molar refractivity (Wildman–Crippen MR) is 110 cm³/mol. The van der Waals surface area contributed by atoms with Crippen LogP contribution in [0.5, 0.6) is 0 Å². The normalized spacial score (nSPS) is 11.7. The second kappa shape index (κ2) is 9.43. The topological polar surface area (TPSA) is 78.5 Å². The van der Waals surface area contributed by atoms with Gasteiger partial charge in [-0.15, -0.1) is 0 Å². The molecule has 0 radical (unpaired) electrons. The van der Waals surface area contributed by atoms with E-state index in [0.29, 0.717) is 16.9 Å². The number of hydrogen-bond donors (Lipinski definition) is 2. The first-order valence-corrected chi connectivity index (χ1v) is 9.23. The first kappa shape index (κ1) is 20.8. The third-order valence-corrected chi connectivity index (χ3v) is 4.83. The third-order valence-electron chi connectivity index (χ3n) is 4.14. The van der Waals surface area contributed by atoms with Crippen LogP contribution >= 0.6 is 15.9 Å². The van der Waals surface area contributed by atoms with Gasteiger partial charge in [0, 0.05) is 15.7 Å². The number of rotatable bonds is 7. The van der Waals surface area contributed by atoms with E-state index in [2.05, 4.69) is 26.6 Å². The summed E-state index contributed by atoms with van der Waals surface area (Å²) >= 11 is 3.38. The first-order chi connectivity index (χ1) is 12.8. The highest BCUT2D eigenvalue weighted by atomic mass is 79.9. The second-order valence-electron chi connectivity index (χ2n) is 6.24. The lowest BCUT2D eigenvalue weighted by atomic mass is 10.1.